The first-order valence-electron chi connectivity index (χ1n) is 7.89. The molecular formula is C18H15ClN2O5S. The van der Waals surface area contributed by atoms with Gasteiger partial charge in [0.1, 0.15) is 11.3 Å². The smallest absolute Gasteiger partial charge is 0.336 e. The van der Waals surface area contributed by atoms with Gasteiger partial charge in [-0.2, -0.15) is 0 Å². The molecule has 2 N–H and O–H groups in total. The molecule has 3 rings (SSSR count). The fourth-order valence-electron chi connectivity index (χ4n) is 2.36. The summed E-state index contributed by atoms with van der Waals surface area (Å²) in [5, 5.41) is 7.56. The van der Waals surface area contributed by atoms with Gasteiger partial charge in [-0.15, -0.1) is 11.3 Å². The Morgan fingerprint density at radius 3 is 2.85 bits per heavy atom. The van der Waals surface area contributed by atoms with Gasteiger partial charge in [-0.25, -0.2) is 9.59 Å². The van der Waals surface area contributed by atoms with Gasteiger partial charge in [0.25, 0.3) is 5.91 Å². The summed E-state index contributed by atoms with van der Waals surface area (Å²) in [6, 6.07) is 7.52. The summed E-state index contributed by atoms with van der Waals surface area (Å²) in [5.41, 5.74) is 0.525. The van der Waals surface area contributed by atoms with Crippen LogP contribution in [-0.2, 0) is 11.3 Å². The number of ether oxygens (including phenoxy) is 1. The minimum Gasteiger partial charge on any atom is -0.482 e. The fourth-order valence-corrected chi connectivity index (χ4v) is 3.22. The number of nitrogens with one attached hydrogen (secondary N) is 2. The van der Waals surface area contributed by atoms with Crippen molar-refractivity contribution in [1.29, 1.82) is 0 Å². The predicted molar refractivity (Wildman–Crippen MR) is 102 cm³/mol. The van der Waals surface area contributed by atoms with Gasteiger partial charge < -0.3 is 14.5 Å². The monoisotopic (exact) mass is 406 g/mol. The zero-order valence-electron chi connectivity index (χ0n) is 14.2. The number of imide groups is 1. The molecule has 7 nitrogen and oxygen atoms in total. The van der Waals surface area contributed by atoms with E-state index in [1.54, 1.807) is 13.0 Å². The second-order valence-corrected chi connectivity index (χ2v) is 7.07. The van der Waals surface area contributed by atoms with E-state index in [9.17, 15) is 14.4 Å². The van der Waals surface area contributed by atoms with Gasteiger partial charge in [-0.1, -0.05) is 17.7 Å². The van der Waals surface area contributed by atoms with Crippen LogP contribution in [0.2, 0.25) is 5.02 Å². The molecule has 0 fully saturated rings. The van der Waals surface area contributed by atoms with Crippen LogP contribution in [0.1, 0.15) is 10.4 Å². The first-order chi connectivity index (χ1) is 12.9. The number of carbonyl (C=O) groups excluding carboxylic acids is 2. The number of halogens is 1. The summed E-state index contributed by atoms with van der Waals surface area (Å²) in [4.78, 5) is 36.0. The molecule has 0 unspecified atom stereocenters. The molecule has 3 amide bonds. The van der Waals surface area contributed by atoms with Crippen LogP contribution in [-0.4, -0.2) is 18.5 Å². The van der Waals surface area contributed by atoms with E-state index in [1.807, 2.05) is 17.5 Å². The molecule has 0 aliphatic carbocycles. The molecule has 2 aromatic heterocycles. The highest BCUT2D eigenvalue weighted by Crippen LogP contribution is 2.30. The molecule has 0 atom stereocenters. The Morgan fingerprint density at radius 2 is 2.11 bits per heavy atom. The maximum Gasteiger partial charge on any atom is 0.336 e. The second kappa shape index (κ2) is 8.24. The van der Waals surface area contributed by atoms with E-state index >= 15 is 0 Å². The molecule has 0 bridgehead atoms. The average molecular weight is 407 g/mol. The van der Waals surface area contributed by atoms with Gasteiger partial charge in [-0.3, -0.25) is 10.1 Å². The number of benzene rings is 1. The number of rotatable bonds is 5. The number of thiophene rings is 1. The number of amides is 3. The van der Waals surface area contributed by atoms with Gasteiger partial charge in [-0.05, 0) is 30.0 Å². The van der Waals surface area contributed by atoms with Crippen molar-refractivity contribution >= 4 is 45.8 Å². The Kier molecular flexibility index (Phi) is 5.78. The molecule has 9 heteroatoms. The zero-order chi connectivity index (χ0) is 19.4. The number of urea groups is 1. The Hall–Kier alpha value is -2.84. The van der Waals surface area contributed by atoms with Crippen LogP contribution < -0.4 is 21.0 Å². The van der Waals surface area contributed by atoms with Crippen molar-refractivity contribution in [3.8, 4) is 5.75 Å². The third-order valence-electron chi connectivity index (χ3n) is 3.62. The van der Waals surface area contributed by atoms with Gasteiger partial charge in [0.05, 0.1) is 11.6 Å². The standard InChI is InChI=1S/C18H15ClN2O5S/c1-10-5-17(23)26-14-7-15(13(19)6-12(10)14)25-9-16(22)21-18(24)20-8-11-3-2-4-27-11/h2-7H,8-9H2,1H3,(H2,20,21,22,24). The van der Waals surface area contributed by atoms with Crippen molar-refractivity contribution < 1.29 is 18.7 Å². The molecule has 0 aliphatic rings. The van der Waals surface area contributed by atoms with E-state index in [1.165, 1.54) is 23.5 Å². The fraction of sp³-hybridized carbons (Fsp3) is 0.167. The van der Waals surface area contributed by atoms with Gasteiger partial charge in [0, 0.05) is 22.4 Å². The molecule has 0 saturated heterocycles. The largest absolute Gasteiger partial charge is 0.482 e. The molecule has 0 aliphatic heterocycles. The van der Waals surface area contributed by atoms with E-state index in [2.05, 4.69) is 10.6 Å². The molecule has 27 heavy (non-hydrogen) atoms. The lowest BCUT2D eigenvalue weighted by Crippen LogP contribution is -2.41. The van der Waals surface area contributed by atoms with Crippen molar-refractivity contribution in [2.45, 2.75) is 13.5 Å². The minimum atomic E-state index is -0.638. The highest BCUT2D eigenvalue weighted by molar-refractivity contribution is 7.09. The van der Waals surface area contributed by atoms with E-state index in [4.69, 9.17) is 20.8 Å². The van der Waals surface area contributed by atoms with Gasteiger partial charge in [0.15, 0.2) is 6.61 Å². The Bertz CT molecular complexity index is 1050. The third kappa shape index (κ3) is 4.87. The molecule has 0 radical (unpaired) electrons. The quantitative estimate of drug-likeness (QED) is 0.634. The minimum absolute atomic E-state index is 0.173. The normalized spacial score (nSPS) is 10.6. The number of fused-ring (bicyclic) bond motifs is 1. The number of hydrogen-bond acceptors (Lipinski definition) is 6. The summed E-state index contributed by atoms with van der Waals surface area (Å²) in [5.74, 6) is -0.465. The summed E-state index contributed by atoms with van der Waals surface area (Å²) < 4.78 is 10.5. The molecule has 3 aromatic rings. The van der Waals surface area contributed by atoms with Crippen molar-refractivity contribution in [3.63, 3.8) is 0 Å². The Labute approximate surface area is 162 Å². The molecule has 0 saturated carbocycles. The molecule has 0 spiro atoms. The van der Waals surface area contributed by atoms with E-state index in [0.717, 1.165) is 10.4 Å². The van der Waals surface area contributed by atoms with Crippen LogP contribution in [0, 0.1) is 6.92 Å². The Morgan fingerprint density at radius 1 is 1.30 bits per heavy atom. The lowest BCUT2D eigenvalue weighted by Gasteiger charge is -2.10. The van der Waals surface area contributed by atoms with Crippen molar-refractivity contribution in [3.05, 3.63) is 61.6 Å². The summed E-state index contributed by atoms with van der Waals surface area (Å²) >= 11 is 7.65. The van der Waals surface area contributed by atoms with E-state index < -0.39 is 24.2 Å². The third-order valence-corrected chi connectivity index (χ3v) is 4.79. The average Bonchev–Trinajstić information content (AvgIpc) is 3.12. The van der Waals surface area contributed by atoms with Crippen LogP contribution >= 0.6 is 22.9 Å². The predicted octanol–water partition coefficient (Wildman–Crippen LogP) is 3.22. The lowest BCUT2D eigenvalue weighted by molar-refractivity contribution is -0.122. The molecular weight excluding hydrogens is 392 g/mol. The van der Waals surface area contributed by atoms with Crippen LogP contribution in [0.25, 0.3) is 11.0 Å². The SMILES string of the molecule is Cc1cc(=O)oc2cc(OCC(=O)NC(=O)NCc3cccs3)c(Cl)cc12. The summed E-state index contributed by atoms with van der Waals surface area (Å²) in [6.07, 6.45) is 0. The zero-order valence-corrected chi connectivity index (χ0v) is 15.8. The lowest BCUT2D eigenvalue weighted by atomic mass is 10.1. The van der Waals surface area contributed by atoms with Crippen LogP contribution in [0.5, 0.6) is 5.75 Å². The van der Waals surface area contributed by atoms with Crippen LogP contribution in [0.15, 0.2) is 44.9 Å². The summed E-state index contributed by atoms with van der Waals surface area (Å²) in [6.45, 7) is 1.67. The molecule has 2 heterocycles. The second-order valence-electron chi connectivity index (χ2n) is 5.63. The maximum absolute atomic E-state index is 11.9. The van der Waals surface area contributed by atoms with Crippen molar-refractivity contribution in [2.75, 3.05) is 6.61 Å². The topological polar surface area (TPSA) is 97.6 Å². The highest BCUT2D eigenvalue weighted by atomic mass is 35.5. The summed E-state index contributed by atoms with van der Waals surface area (Å²) in [7, 11) is 0. The maximum atomic E-state index is 11.9. The van der Waals surface area contributed by atoms with Gasteiger partial charge >= 0.3 is 11.7 Å². The molecule has 1 aromatic carbocycles. The molecule has 140 valence electrons. The van der Waals surface area contributed by atoms with E-state index in [-0.39, 0.29) is 10.8 Å². The van der Waals surface area contributed by atoms with Crippen LogP contribution in [0.3, 0.4) is 0 Å². The van der Waals surface area contributed by atoms with Crippen LogP contribution in [0.4, 0.5) is 4.79 Å². The van der Waals surface area contributed by atoms with Crippen molar-refractivity contribution in [2.24, 2.45) is 0 Å². The van der Waals surface area contributed by atoms with Crippen molar-refractivity contribution in [1.82, 2.24) is 10.6 Å². The number of aryl methyl sites for hydroxylation is 1. The Balaban J connectivity index is 1.59. The highest BCUT2D eigenvalue weighted by Gasteiger charge is 2.12. The van der Waals surface area contributed by atoms with E-state index in [0.29, 0.717) is 17.5 Å². The first kappa shape index (κ1) is 18.9. The number of carbonyl (C=O) groups is 2. The first-order valence-corrected chi connectivity index (χ1v) is 9.15. The van der Waals surface area contributed by atoms with Gasteiger partial charge in [0.2, 0.25) is 0 Å². The number of hydrogen-bond donors (Lipinski definition) is 2.